The van der Waals surface area contributed by atoms with Gasteiger partial charge in [-0.2, -0.15) is 0 Å². The molecule has 0 atom stereocenters. The summed E-state index contributed by atoms with van der Waals surface area (Å²) in [5, 5.41) is 13.4. The van der Waals surface area contributed by atoms with Gasteiger partial charge in [-0.3, -0.25) is 0 Å². The lowest BCUT2D eigenvalue weighted by Crippen LogP contribution is -2.35. The highest BCUT2D eigenvalue weighted by Crippen LogP contribution is 2.36. The Balaban J connectivity index is 2.09. The second-order valence-electron chi connectivity index (χ2n) is 6.35. The molecule has 1 fully saturated rings. The third-order valence-corrected chi connectivity index (χ3v) is 4.57. The second kappa shape index (κ2) is 5.96. The molecular formula is C17H27NO. The molecule has 1 aliphatic rings. The molecule has 0 radical (unpaired) electrons. The number of anilines is 1. The molecule has 0 saturated heterocycles. The van der Waals surface area contributed by atoms with Crippen LogP contribution in [0.15, 0.2) is 12.1 Å². The highest BCUT2D eigenvalue weighted by molar-refractivity contribution is 5.58. The van der Waals surface area contributed by atoms with Gasteiger partial charge in [0.25, 0.3) is 0 Å². The summed E-state index contributed by atoms with van der Waals surface area (Å²) in [6, 6.07) is 4.45. The fourth-order valence-corrected chi connectivity index (χ4v) is 3.43. The highest BCUT2D eigenvalue weighted by atomic mass is 16.3. The van der Waals surface area contributed by atoms with Gasteiger partial charge in [-0.25, -0.2) is 0 Å². The van der Waals surface area contributed by atoms with Crippen molar-refractivity contribution >= 4 is 5.69 Å². The Morgan fingerprint density at radius 3 is 2.16 bits per heavy atom. The number of benzene rings is 1. The Bertz CT molecular complexity index is 410. The van der Waals surface area contributed by atoms with Gasteiger partial charge in [0, 0.05) is 17.6 Å². The van der Waals surface area contributed by atoms with Crippen LogP contribution in [0.4, 0.5) is 5.69 Å². The van der Waals surface area contributed by atoms with Gasteiger partial charge in [0.2, 0.25) is 0 Å². The lowest BCUT2D eigenvalue weighted by atomic mass is 9.74. The fourth-order valence-electron chi connectivity index (χ4n) is 3.43. The molecule has 1 saturated carbocycles. The smallest absolute Gasteiger partial charge is 0.0504 e. The first-order valence-electron chi connectivity index (χ1n) is 7.49. The number of nitrogens with one attached hydrogen (secondary N) is 1. The summed E-state index contributed by atoms with van der Waals surface area (Å²) >= 11 is 0. The van der Waals surface area contributed by atoms with Gasteiger partial charge < -0.3 is 10.4 Å². The molecule has 2 rings (SSSR count). The third kappa shape index (κ3) is 3.30. The molecule has 2 nitrogen and oxygen atoms in total. The second-order valence-corrected chi connectivity index (χ2v) is 6.35. The van der Waals surface area contributed by atoms with E-state index in [0.29, 0.717) is 6.61 Å². The third-order valence-electron chi connectivity index (χ3n) is 4.57. The van der Waals surface area contributed by atoms with Crippen LogP contribution in [0.25, 0.3) is 0 Å². The monoisotopic (exact) mass is 261 g/mol. The van der Waals surface area contributed by atoms with Gasteiger partial charge >= 0.3 is 0 Å². The summed E-state index contributed by atoms with van der Waals surface area (Å²) in [5.74, 6) is 0. The van der Waals surface area contributed by atoms with Crippen LogP contribution in [-0.2, 0) is 0 Å². The molecule has 0 heterocycles. The van der Waals surface area contributed by atoms with E-state index in [2.05, 4.69) is 38.2 Å². The molecule has 2 N–H and O–H groups in total. The minimum Gasteiger partial charge on any atom is -0.396 e. The minimum atomic E-state index is 0.0992. The van der Waals surface area contributed by atoms with Crippen LogP contribution in [0.1, 0.15) is 48.8 Å². The topological polar surface area (TPSA) is 32.3 Å². The van der Waals surface area contributed by atoms with Crippen LogP contribution in [-0.4, -0.2) is 18.3 Å². The van der Waals surface area contributed by atoms with E-state index >= 15 is 0 Å². The molecule has 1 aromatic carbocycles. The van der Waals surface area contributed by atoms with E-state index < -0.39 is 0 Å². The zero-order valence-corrected chi connectivity index (χ0v) is 12.6. The average Bonchev–Trinajstić information content (AvgIpc) is 2.38. The number of hydrogen-bond acceptors (Lipinski definition) is 2. The summed E-state index contributed by atoms with van der Waals surface area (Å²) in [6.07, 6.45) is 6.15. The Hall–Kier alpha value is -1.02. The maximum absolute atomic E-state index is 9.76. The first kappa shape index (κ1) is 14.4. The summed E-state index contributed by atoms with van der Waals surface area (Å²) in [5.41, 5.74) is 5.28. The first-order valence-corrected chi connectivity index (χ1v) is 7.49. The fraction of sp³-hybridized carbons (Fsp3) is 0.647. The summed E-state index contributed by atoms with van der Waals surface area (Å²) < 4.78 is 0. The van der Waals surface area contributed by atoms with E-state index in [-0.39, 0.29) is 5.41 Å². The molecule has 0 aromatic heterocycles. The van der Waals surface area contributed by atoms with Gasteiger partial charge in [0.15, 0.2) is 0 Å². The molecule has 2 heteroatoms. The van der Waals surface area contributed by atoms with Gasteiger partial charge in [-0.15, -0.1) is 0 Å². The van der Waals surface area contributed by atoms with Crippen molar-refractivity contribution in [3.8, 4) is 0 Å². The van der Waals surface area contributed by atoms with E-state index in [0.717, 1.165) is 19.4 Å². The van der Waals surface area contributed by atoms with Gasteiger partial charge in [-0.1, -0.05) is 37.0 Å². The molecular weight excluding hydrogens is 234 g/mol. The van der Waals surface area contributed by atoms with Crippen molar-refractivity contribution in [2.45, 2.75) is 52.9 Å². The average molecular weight is 261 g/mol. The predicted octanol–water partition coefficient (Wildman–Crippen LogP) is 3.97. The van der Waals surface area contributed by atoms with Gasteiger partial charge in [-0.05, 0) is 44.7 Å². The Labute approximate surface area is 117 Å². The molecule has 106 valence electrons. The zero-order chi connectivity index (χ0) is 13.9. The molecule has 0 bridgehead atoms. The zero-order valence-electron chi connectivity index (χ0n) is 12.6. The first-order chi connectivity index (χ1) is 9.06. The van der Waals surface area contributed by atoms with Crippen LogP contribution < -0.4 is 5.32 Å². The number of rotatable bonds is 4. The molecule has 0 amide bonds. The standard InChI is InChI=1S/C17H27NO/c1-13-9-14(2)16(15(3)10-13)18-11-17(12-19)7-5-4-6-8-17/h9-10,18-19H,4-8,11-12H2,1-3H3. The molecule has 0 aliphatic heterocycles. The van der Waals surface area contributed by atoms with E-state index in [1.807, 2.05) is 0 Å². The maximum atomic E-state index is 9.76. The van der Waals surface area contributed by atoms with Crippen LogP contribution in [0.2, 0.25) is 0 Å². The normalized spacial score (nSPS) is 18.3. The van der Waals surface area contributed by atoms with Crippen LogP contribution >= 0.6 is 0 Å². The minimum absolute atomic E-state index is 0.0992. The number of aliphatic hydroxyl groups is 1. The van der Waals surface area contributed by atoms with Crippen LogP contribution in [0.5, 0.6) is 0 Å². The molecule has 0 unspecified atom stereocenters. The Morgan fingerprint density at radius 1 is 1.05 bits per heavy atom. The van der Waals surface area contributed by atoms with E-state index in [9.17, 15) is 5.11 Å². The highest BCUT2D eigenvalue weighted by Gasteiger charge is 2.31. The predicted molar refractivity (Wildman–Crippen MR) is 81.7 cm³/mol. The van der Waals surface area contributed by atoms with Crippen molar-refractivity contribution in [1.29, 1.82) is 0 Å². The number of hydrogen-bond donors (Lipinski definition) is 2. The molecule has 1 aromatic rings. The lowest BCUT2D eigenvalue weighted by molar-refractivity contribution is 0.0944. The van der Waals surface area contributed by atoms with E-state index in [1.54, 1.807) is 0 Å². The van der Waals surface area contributed by atoms with Gasteiger partial charge in [0.05, 0.1) is 6.61 Å². The van der Waals surface area contributed by atoms with Crippen molar-refractivity contribution in [3.63, 3.8) is 0 Å². The number of aliphatic hydroxyl groups excluding tert-OH is 1. The van der Waals surface area contributed by atoms with Crippen LogP contribution in [0.3, 0.4) is 0 Å². The van der Waals surface area contributed by atoms with E-state index in [4.69, 9.17) is 0 Å². The molecule has 1 aliphatic carbocycles. The molecule has 19 heavy (non-hydrogen) atoms. The van der Waals surface area contributed by atoms with Crippen molar-refractivity contribution < 1.29 is 5.11 Å². The van der Waals surface area contributed by atoms with Crippen molar-refractivity contribution in [1.82, 2.24) is 0 Å². The Morgan fingerprint density at radius 2 is 1.63 bits per heavy atom. The van der Waals surface area contributed by atoms with Crippen molar-refractivity contribution in [3.05, 3.63) is 28.8 Å². The SMILES string of the molecule is Cc1cc(C)c(NCC2(CO)CCCCC2)c(C)c1. The lowest BCUT2D eigenvalue weighted by Gasteiger charge is -2.36. The van der Waals surface area contributed by atoms with Gasteiger partial charge in [0.1, 0.15) is 0 Å². The van der Waals surface area contributed by atoms with Crippen molar-refractivity contribution in [2.24, 2.45) is 5.41 Å². The van der Waals surface area contributed by atoms with E-state index in [1.165, 1.54) is 41.6 Å². The largest absolute Gasteiger partial charge is 0.396 e. The van der Waals surface area contributed by atoms with Crippen LogP contribution in [0, 0.1) is 26.2 Å². The Kier molecular flexibility index (Phi) is 4.51. The quantitative estimate of drug-likeness (QED) is 0.859. The maximum Gasteiger partial charge on any atom is 0.0504 e. The number of aryl methyl sites for hydroxylation is 3. The van der Waals surface area contributed by atoms with Crippen molar-refractivity contribution in [2.75, 3.05) is 18.5 Å². The molecule has 0 spiro atoms. The summed E-state index contributed by atoms with van der Waals surface area (Å²) in [7, 11) is 0. The summed E-state index contributed by atoms with van der Waals surface area (Å²) in [4.78, 5) is 0. The summed E-state index contributed by atoms with van der Waals surface area (Å²) in [6.45, 7) is 7.67.